The Kier molecular flexibility index (Phi) is 5.55. The highest BCUT2D eigenvalue weighted by atomic mass is 16.5. The summed E-state index contributed by atoms with van der Waals surface area (Å²) in [5.41, 5.74) is 2.27. The van der Waals surface area contributed by atoms with Crippen molar-refractivity contribution in [2.45, 2.75) is 13.5 Å². The van der Waals surface area contributed by atoms with E-state index in [4.69, 9.17) is 13.9 Å². The second-order valence-corrected chi connectivity index (χ2v) is 5.69. The maximum atomic E-state index is 11.1. The zero-order valence-electron chi connectivity index (χ0n) is 15.3. The SMILES string of the molecule is COc1ccc(-c2nnc(CNc3cccc(NC(C)=O)c3)o2)cc1OC. The number of hydrogen-bond acceptors (Lipinski definition) is 7. The molecule has 1 amide bonds. The predicted molar refractivity (Wildman–Crippen MR) is 101 cm³/mol. The van der Waals surface area contributed by atoms with Gasteiger partial charge in [-0.05, 0) is 36.4 Å². The molecule has 2 aromatic carbocycles. The number of ether oxygens (including phenoxy) is 2. The maximum Gasteiger partial charge on any atom is 0.247 e. The second-order valence-electron chi connectivity index (χ2n) is 5.69. The summed E-state index contributed by atoms with van der Waals surface area (Å²) in [5.74, 6) is 1.91. The molecule has 140 valence electrons. The first-order chi connectivity index (χ1) is 13.1. The van der Waals surface area contributed by atoms with Crippen LogP contribution in [0, 0.1) is 0 Å². The lowest BCUT2D eigenvalue weighted by atomic mass is 10.2. The van der Waals surface area contributed by atoms with E-state index in [1.54, 1.807) is 26.4 Å². The first kappa shape index (κ1) is 18.2. The van der Waals surface area contributed by atoms with Crippen LogP contribution in [0.1, 0.15) is 12.8 Å². The third-order valence-electron chi connectivity index (χ3n) is 3.72. The lowest BCUT2D eigenvalue weighted by molar-refractivity contribution is -0.114. The molecule has 0 radical (unpaired) electrons. The Morgan fingerprint density at radius 2 is 1.81 bits per heavy atom. The van der Waals surface area contributed by atoms with Gasteiger partial charge in [0.05, 0.1) is 20.8 Å². The largest absolute Gasteiger partial charge is 0.493 e. The van der Waals surface area contributed by atoms with Crippen molar-refractivity contribution in [1.29, 1.82) is 0 Å². The van der Waals surface area contributed by atoms with Crippen molar-refractivity contribution in [3.05, 3.63) is 48.4 Å². The quantitative estimate of drug-likeness (QED) is 0.660. The molecule has 3 rings (SSSR count). The van der Waals surface area contributed by atoms with Gasteiger partial charge in [-0.2, -0.15) is 0 Å². The highest BCUT2D eigenvalue weighted by Crippen LogP contribution is 2.31. The Balaban J connectivity index is 1.69. The van der Waals surface area contributed by atoms with Crippen molar-refractivity contribution < 1.29 is 18.7 Å². The van der Waals surface area contributed by atoms with Crippen molar-refractivity contribution in [3.8, 4) is 23.0 Å². The van der Waals surface area contributed by atoms with Gasteiger partial charge < -0.3 is 24.5 Å². The molecule has 0 aliphatic carbocycles. The Hall–Kier alpha value is -3.55. The topological polar surface area (TPSA) is 98.5 Å². The summed E-state index contributed by atoms with van der Waals surface area (Å²) in [6, 6.07) is 12.8. The van der Waals surface area contributed by atoms with Crippen LogP contribution in [0.5, 0.6) is 11.5 Å². The van der Waals surface area contributed by atoms with Crippen LogP contribution in [0.2, 0.25) is 0 Å². The molecule has 0 saturated carbocycles. The van der Waals surface area contributed by atoms with Gasteiger partial charge in [-0.3, -0.25) is 4.79 Å². The van der Waals surface area contributed by atoms with E-state index >= 15 is 0 Å². The third-order valence-corrected chi connectivity index (χ3v) is 3.72. The van der Waals surface area contributed by atoms with Gasteiger partial charge in [0.25, 0.3) is 0 Å². The van der Waals surface area contributed by atoms with Gasteiger partial charge in [-0.15, -0.1) is 10.2 Å². The first-order valence-electron chi connectivity index (χ1n) is 8.25. The zero-order chi connectivity index (χ0) is 19.2. The molecule has 0 bridgehead atoms. The fourth-order valence-electron chi connectivity index (χ4n) is 2.50. The third kappa shape index (κ3) is 4.55. The standard InChI is InChI=1S/C19H20N4O4/c1-12(24)21-15-6-4-5-14(10-15)20-11-18-22-23-19(27-18)13-7-8-16(25-2)17(9-13)26-3/h4-10,20H,11H2,1-3H3,(H,21,24). The molecule has 0 aliphatic heterocycles. The molecule has 0 atom stereocenters. The molecule has 8 heteroatoms. The van der Waals surface area contributed by atoms with Crippen molar-refractivity contribution in [2.24, 2.45) is 0 Å². The number of benzene rings is 2. The fourth-order valence-corrected chi connectivity index (χ4v) is 2.50. The first-order valence-corrected chi connectivity index (χ1v) is 8.25. The molecule has 3 aromatic rings. The Bertz CT molecular complexity index is 939. The average molecular weight is 368 g/mol. The lowest BCUT2D eigenvalue weighted by Crippen LogP contribution is -2.06. The van der Waals surface area contributed by atoms with Crippen LogP contribution in [0.15, 0.2) is 46.9 Å². The molecular formula is C19H20N4O4. The van der Waals surface area contributed by atoms with E-state index in [-0.39, 0.29) is 5.91 Å². The maximum absolute atomic E-state index is 11.1. The number of nitrogens with one attached hydrogen (secondary N) is 2. The second kappa shape index (κ2) is 8.22. The van der Waals surface area contributed by atoms with E-state index in [2.05, 4.69) is 20.8 Å². The Labute approximate surface area is 156 Å². The number of aromatic nitrogens is 2. The summed E-state index contributed by atoms with van der Waals surface area (Å²) in [6.07, 6.45) is 0. The van der Waals surface area contributed by atoms with E-state index in [0.717, 1.165) is 11.3 Å². The van der Waals surface area contributed by atoms with Crippen LogP contribution in [-0.2, 0) is 11.3 Å². The van der Waals surface area contributed by atoms with Gasteiger partial charge in [0.1, 0.15) is 0 Å². The number of amides is 1. The van der Waals surface area contributed by atoms with Crippen LogP contribution in [0.3, 0.4) is 0 Å². The van der Waals surface area contributed by atoms with Gasteiger partial charge >= 0.3 is 0 Å². The molecule has 0 spiro atoms. The zero-order valence-corrected chi connectivity index (χ0v) is 15.3. The summed E-state index contributed by atoms with van der Waals surface area (Å²) >= 11 is 0. The summed E-state index contributed by atoms with van der Waals surface area (Å²) in [6.45, 7) is 1.82. The van der Waals surface area contributed by atoms with Crippen LogP contribution in [-0.4, -0.2) is 30.3 Å². The number of carbonyl (C=O) groups is 1. The van der Waals surface area contributed by atoms with Crippen LogP contribution in [0.4, 0.5) is 11.4 Å². The Morgan fingerprint density at radius 3 is 2.56 bits per heavy atom. The highest BCUT2D eigenvalue weighted by Gasteiger charge is 2.12. The molecule has 0 saturated heterocycles. The van der Waals surface area contributed by atoms with Gasteiger partial charge in [-0.25, -0.2) is 0 Å². The molecule has 0 unspecified atom stereocenters. The molecule has 2 N–H and O–H groups in total. The van der Waals surface area contributed by atoms with Crippen molar-refractivity contribution in [1.82, 2.24) is 10.2 Å². The monoisotopic (exact) mass is 368 g/mol. The molecule has 8 nitrogen and oxygen atoms in total. The van der Waals surface area contributed by atoms with E-state index in [0.29, 0.717) is 35.5 Å². The number of anilines is 2. The van der Waals surface area contributed by atoms with Crippen molar-refractivity contribution in [2.75, 3.05) is 24.9 Å². The van der Waals surface area contributed by atoms with Gasteiger partial charge in [0.15, 0.2) is 11.5 Å². The number of methoxy groups -OCH3 is 2. The van der Waals surface area contributed by atoms with E-state index in [9.17, 15) is 4.79 Å². The van der Waals surface area contributed by atoms with Gasteiger partial charge in [-0.1, -0.05) is 6.07 Å². The van der Waals surface area contributed by atoms with Crippen LogP contribution in [0.25, 0.3) is 11.5 Å². The molecule has 1 aromatic heterocycles. The fraction of sp³-hybridized carbons (Fsp3) is 0.211. The van der Waals surface area contributed by atoms with E-state index < -0.39 is 0 Å². The Morgan fingerprint density at radius 1 is 1.04 bits per heavy atom. The van der Waals surface area contributed by atoms with Crippen LogP contribution < -0.4 is 20.1 Å². The normalized spacial score (nSPS) is 10.3. The van der Waals surface area contributed by atoms with E-state index in [1.165, 1.54) is 6.92 Å². The average Bonchev–Trinajstić information content (AvgIpc) is 3.14. The highest BCUT2D eigenvalue weighted by molar-refractivity contribution is 5.89. The van der Waals surface area contributed by atoms with Crippen molar-refractivity contribution >= 4 is 17.3 Å². The molecule has 0 aliphatic rings. The summed E-state index contributed by atoms with van der Waals surface area (Å²) in [5, 5.41) is 14.1. The minimum Gasteiger partial charge on any atom is -0.493 e. The van der Waals surface area contributed by atoms with Gasteiger partial charge in [0.2, 0.25) is 17.7 Å². The molecule has 0 fully saturated rings. The predicted octanol–water partition coefficient (Wildman–Crippen LogP) is 3.32. The number of hydrogen-bond donors (Lipinski definition) is 2. The minimum absolute atomic E-state index is 0.122. The molecule has 27 heavy (non-hydrogen) atoms. The minimum atomic E-state index is -0.122. The van der Waals surface area contributed by atoms with Crippen LogP contribution >= 0.6 is 0 Å². The van der Waals surface area contributed by atoms with Crippen molar-refractivity contribution in [3.63, 3.8) is 0 Å². The smallest absolute Gasteiger partial charge is 0.247 e. The van der Waals surface area contributed by atoms with E-state index in [1.807, 2.05) is 30.3 Å². The summed E-state index contributed by atoms with van der Waals surface area (Å²) in [7, 11) is 3.15. The molecular weight excluding hydrogens is 348 g/mol. The summed E-state index contributed by atoms with van der Waals surface area (Å²) in [4.78, 5) is 11.1. The lowest BCUT2D eigenvalue weighted by Gasteiger charge is -2.08. The van der Waals surface area contributed by atoms with Gasteiger partial charge in [0, 0.05) is 23.9 Å². The number of nitrogens with zero attached hydrogens (tertiary/aromatic N) is 2. The summed E-state index contributed by atoms with van der Waals surface area (Å²) < 4.78 is 16.2. The number of rotatable bonds is 7. The number of carbonyl (C=O) groups excluding carboxylic acids is 1. The molecule has 1 heterocycles.